The van der Waals surface area contributed by atoms with Crippen molar-refractivity contribution in [1.29, 1.82) is 0 Å². The first-order chi connectivity index (χ1) is 7.15. The quantitative estimate of drug-likeness (QED) is 0.918. The molecular formula is C10H8BrClN2S. The Morgan fingerprint density at radius 2 is 2.00 bits per heavy atom. The second-order valence-electron chi connectivity index (χ2n) is 3.08. The van der Waals surface area contributed by atoms with Crippen molar-refractivity contribution in [2.75, 3.05) is 5.73 Å². The van der Waals surface area contributed by atoms with Crippen LogP contribution in [0.3, 0.4) is 0 Å². The summed E-state index contributed by atoms with van der Waals surface area (Å²) < 4.78 is 0.995. The third-order valence-corrected chi connectivity index (χ3v) is 3.86. The Morgan fingerprint density at radius 1 is 1.33 bits per heavy atom. The Balaban J connectivity index is 2.21. The Morgan fingerprint density at radius 3 is 2.53 bits per heavy atom. The zero-order valence-corrected chi connectivity index (χ0v) is 10.9. The van der Waals surface area contributed by atoms with Crippen molar-refractivity contribution < 1.29 is 0 Å². The van der Waals surface area contributed by atoms with E-state index in [9.17, 15) is 0 Å². The Hall–Kier alpha value is -0.580. The molecule has 2 nitrogen and oxygen atoms in total. The first-order valence-electron chi connectivity index (χ1n) is 4.30. The molecule has 0 saturated carbocycles. The standard InChI is InChI=1S/C10H8BrClN2S/c11-9-8(14-10(13)15-9)5-6-1-3-7(12)4-2-6/h1-4H,5H2,(H2,13,14). The molecule has 0 unspecified atom stereocenters. The smallest absolute Gasteiger partial charge is 0.181 e. The predicted octanol–water partition coefficient (Wildman–Crippen LogP) is 3.73. The second kappa shape index (κ2) is 4.51. The molecule has 0 aliphatic heterocycles. The number of thiazole rings is 1. The highest BCUT2D eigenvalue weighted by Gasteiger charge is 2.07. The minimum atomic E-state index is 0.589. The largest absolute Gasteiger partial charge is 0.375 e. The molecule has 15 heavy (non-hydrogen) atoms. The van der Waals surface area contributed by atoms with Crippen LogP contribution in [-0.4, -0.2) is 4.98 Å². The molecule has 78 valence electrons. The molecule has 1 heterocycles. The summed E-state index contributed by atoms with van der Waals surface area (Å²) in [5.74, 6) is 0. The molecule has 0 spiro atoms. The van der Waals surface area contributed by atoms with Crippen LogP contribution in [0.5, 0.6) is 0 Å². The van der Waals surface area contributed by atoms with E-state index >= 15 is 0 Å². The van der Waals surface area contributed by atoms with Gasteiger partial charge >= 0.3 is 0 Å². The molecule has 1 aromatic carbocycles. The number of nitrogens with zero attached hydrogens (tertiary/aromatic N) is 1. The number of aromatic nitrogens is 1. The van der Waals surface area contributed by atoms with E-state index in [1.807, 2.05) is 24.3 Å². The molecule has 0 fully saturated rings. The SMILES string of the molecule is Nc1nc(Cc2ccc(Cl)cc2)c(Br)s1. The van der Waals surface area contributed by atoms with Gasteiger partial charge in [0.1, 0.15) is 0 Å². The summed E-state index contributed by atoms with van der Waals surface area (Å²) in [5.41, 5.74) is 7.76. The first kappa shape index (κ1) is 10.9. The van der Waals surface area contributed by atoms with Crippen LogP contribution in [0, 0.1) is 0 Å². The van der Waals surface area contributed by atoms with Crippen molar-refractivity contribution in [2.45, 2.75) is 6.42 Å². The van der Waals surface area contributed by atoms with Crippen molar-refractivity contribution in [3.05, 3.63) is 44.3 Å². The average molecular weight is 304 g/mol. The van der Waals surface area contributed by atoms with Gasteiger partial charge in [-0.15, -0.1) is 0 Å². The predicted molar refractivity (Wildman–Crippen MR) is 68.5 cm³/mol. The van der Waals surface area contributed by atoms with Gasteiger partial charge in [0.25, 0.3) is 0 Å². The maximum atomic E-state index is 5.81. The van der Waals surface area contributed by atoms with Crippen LogP contribution in [-0.2, 0) is 6.42 Å². The molecular weight excluding hydrogens is 296 g/mol. The number of rotatable bonds is 2. The lowest BCUT2D eigenvalue weighted by Gasteiger charge is -1.98. The molecule has 0 aliphatic rings. The van der Waals surface area contributed by atoms with E-state index in [0.29, 0.717) is 5.13 Å². The number of benzene rings is 1. The Kier molecular flexibility index (Phi) is 3.29. The number of hydrogen-bond donors (Lipinski definition) is 1. The lowest BCUT2D eigenvalue weighted by molar-refractivity contribution is 1.10. The van der Waals surface area contributed by atoms with Crippen LogP contribution in [0.4, 0.5) is 5.13 Å². The molecule has 0 aliphatic carbocycles. The fraction of sp³-hybridized carbons (Fsp3) is 0.100. The van der Waals surface area contributed by atoms with E-state index < -0.39 is 0 Å². The van der Waals surface area contributed by atoms with Gasteiger partial charge in [-0.3, -0.25) is 0 Å². The molecule has 0 radical (unpaired) electrons. The average Bonchev–Trinajstić information content (AvgIpc) is 2.49. The Labute approximate surface area is 105 Å². The number of hydrogen-bond acceptors (Lipinski definition) is 3. The summed E-state index contributed by atoms with van der Waals surface area (Å²) in [6.07, 6.45) is 0.769. The lowest BCUT2D eigenvalue weighted by atomic mass is 10.1. The van der Waals surface area contributed by atoms with Gasteiger partial charge in [-0.2, -0.15) is 0 Å². The summed E-state index contributed by atoms with van der Waals surface area (Å²) in [6, 6.07) is 7.73. The first-order valence-corrected chi connectivity index (χ1v) is 6.29. The number of anilines is 1. The number of halogens is 2. The van der Waals surface area contributed by atoms with Crippen LogP contribution in [0.2, 0.25) is 5.02 Å². The van der Waals surface area contributed by atoms with Crippen LogP contribution >= 0.6 is 38.9 Å². The van der Waals surface area contributed by atoms with Gasteiger partial charge in [0.05, 0.1) is 9.48 Å². The third kappa shape index (κ3) is 2.71. The van der Waals surface area contributed by atoms with Gasteiger partial charge in [0.15, 0.2) is 5.13 Å². The van der Waals surface area contributed by atoms with Crippen LogP contribution in [0.1, 0.15) is 11.3 Å². The van der Waals surface area contributed by atoms with E-state index in [4.69, 9.17) is 17.3 Å². The maximum Gasteiger partial charge on any atom is 0.181 e. The van der Waals surface area contributed by atoms with Crippen LogP contribution < -0.4 is 5.73 Å². The summed E-state index contributed by atoms with van der Waals surface area (Å²) in [5, 5.41) is 1.33. The monoisotopic (exact) mass is 302 g/mol. The normalized spacial score (nSPS) is 10.5. The van der Waals surface area contributed by atoms with Crippen molar-refractivity contribution in [3.8, 4) is 0 Å². The van der Waals surface area contributed by atoms with Crippen LogP contribution in [0.15, 0.2) is 28.1 Å². The zero-order valence-electron chi connectivity index (χ0n) is 7.71. The number of nitrogens with two attached hydrogens (primary N) is 1. The molecule has 2 aromatic rings. The minimum absolute atomic E-state index is 0.589. The van der Waals surface area contributed by atoms with Crippen molar-refractivity contribution in [3.63, 3.8) is 0 Å². The fourth-order valence-corrected chi connectivity index (χ4v) is 2.68. The zero-order chi connectivity index (χ0) is 10.8. The maximum absolute atomic E-state index is 5.81. The van der Waals surface area contributed by atoms with Crippen molar-refractivity contribution >= 4 is 44.0 Å². The molecule has 5 heteroatoms. The summed E-state index contributed by atoms with van der Waals surface area (Å²) in [4.78, 5) is 4.24. The van der Waals surface area contributed by atoms with Crippen LogP contribution in [0.25, 0.3) is 0 Å². The van der Waals surface area contributed by atoms with Gasteiger partial charge in [-0.05, 0) is 33.6 Å². The molecule has 2 N–H and O–H groups in total. The molecule has 0 amide bonds. The topological polar surface area (TPSA) is 38.9 Å². The molecule has 0 saturated heterocycles. The van der Waals surface area contributed by atoms with E-state index in [1.54, 1.807) is 0 Å². The van der Waals surface area contributed by atoms with Gasteiger partial charge < -0.3 is 5.73 Å². The van der Waals surface area contributed by atoms with Crippen molar-refractivity contribution in [2.24, 2.45) is 0 Å². The molecule has 2 rings (SSSR count). The summed E-state index contributed by atoms with van der Waals surface area (Å²) >= 11 is 10.7. The van der Waals surface area contributed by atoms with E-state index in [0.717, 1.165) is 20.9 Å². The van der Waals surface area contributed by atoms with Gasteiger partial charge in [-0.1, -0.05) is 35.1 Å². The van der Waals surface area contributed by atoms with Gasteiger partial charge in [0.2, 0.25) is 0 Å². The summed E-state index contributed by atoms with van der Waals surface area (Å²) in [6.45, 7) is 0. The minimum Gasteiger partial charge on any atom is -0.375 e. The van der Waals surface area contributed by atoms with E-state index in [2.05, 4.69) is 20.9 Å². The van der Waals surface area contributed by atoms with Crippen molar-refractivity contribution in [1.82, 2.24) is 4.98 Å². The third-order valence-electron chi connectivity index (χ3n) is 1.95. The Bertz CT molecular complexity index is 467. The highest BCUT2D eigenvalue weighted by Crippen LogP contribution is 2.28. The molecule has 0 bridgehead atoms. The van der Waals surface area contributed by atoms with E-state index in [1.165, 1.54) is 16.9 Å². The molecule has 1 aromatic heterocycles. The molecule has 0 atom stereocenters. The highest BCUT2D eigenvalue weighted by atomic mass is 79.9. The van der Waals surface area contributed by atoms with E-state index in [-0.39, 0.29) is 0 Å². The lowest BCUT2D eigenvalue weighted by Crippen LogP contribution is -1.90. The van der Waals surface area contributed by atoms with Gasteiger partial charge in [0, 0.05) is 11.4 Å². The summed E-state index contributed by atoms with van der Waals surface area (Å²) in [7, 11) is 0. The fourth-order valence-electron chi connectivity index (χ4n) is 1.26. The van der Waals surface area contributed by atoms with Gasteiger partial charge in [-0.25, -0.2) is 4.98 Å². The highest BCUT2D eigenvalue weighted by molar-refractivity contribution is 9.11. The number of nitrogen functional groups attached to an aromatic ring is 1. The second-order valence-corrected chi connectivity index (χ2v) is 5.86.